The number of nitrogens with zero attached hydrogens (tertiary/aromatic N) is 1. The Hall–Kier alpha value is -0.380. The molecule has 0 unspecified atom stereocenters. The zero-order chi connectivity index (χ0) is 13.1. The third-order valence-corrected chi connectivity index (χ3v) is 4.91. The highest BCUT2D eigenvalue weighted by Crippen LogP contribution is 2.41. The second kappa shape index (κ2) is 5.94. The zero-order valence-corrected chi connectivity index (χ0v) is 12.0. The van der Waals surface area contributed by atoms with Crippen molar-refractivity contribution in [1.29, 1.82) is 0 Å². The zero-order valence-electron chi connectivity index (χ0n) is 12.0. The Kier molecular flexibility index (Phi) is 4.25. The maximum Gasteiger partial charge on any atom is 0.0677 e. The van der Waals surface area contributed by atoms with Gasteiger partial charge in [0, 0.05) is 31.7 Å². The lowest BCUT2D eigenvalue weighted by Crippen LogP contribution is -2.57. The van der Waals surface area contributed by atoms with Crippen LogP contribution in [0, 0.1) is 11.3 Å². The van der Waals surface area contributed by atoms with Crippen LogP contribution in [-0.4, -0.2) is 50.5 Å². The quantitative estimate of drug-likeness (QED) is 0.544. The molecule has 0 spiro atoms. The molecule has 2 aliphatic heterocycles. The van der Waals surface area contributed by atoms with Gasteiger partial charge in [0.1, 0.15) is 0 Å². The summed E-state index contributed by atoms with van der Waals surface area (Å²) in [7, 11) is 0. The molecule has 0 radical (unpaired) electrons. The van der Waals surface area contributed by atoms with Crippen molar-refractivity contribution in [3.63, 3.8) is 0 Å². The Morgan fingerprint density at radius 2 is 2.26 bits per heavy atom. The van der Waals surface area contributed by atoms with Crippen molar-refractivity contribution < 1.29 is 9.47 Å². The standard InChI is InChI=1S/C16H27NO2/c1-2-9-18-13-16-7-3-10-19-15(16)6-8-17(12-16)11-14-4-5-14/h2,14-15H,1,3-13H2/t15-,16+/m0/s1. The van der Waals surface area contributed by atoms with Crippen molar-refractivity contribution in [1.82, 2.24) is 4.90 Å². The maximum atomic E-state index is 6.05. The summed E-state index contributed by atoms with van der Waals surface area (Å²) in [5.41, 5.74) is 0.244. The summed E-state index contributed by atoms with van der Waals surface area (Å²) in [6.07, 6.45) is 8.78. The van der Waals surface area contributed by atoms with E-state index in [0.717, 1.165) is 19.1 Å². The molecule has 3 fully saturated rings. The lowest BCUT2D eigenvalue weighted by Gasteiger charge is -2.50. The van der Waals surface area contributed by atoms with Crippen LogP contribution in [0.1, 0.15) is 32.1 Å². The Morgan fingerprint density at radius 1 is 1.37 bits per heavy atom. The summed E-state index contributed by atoms with van der Waals surface area (Å²) in [6, 6.07) is 0. The minimum atomic E-state index is 0.244. The molecule has 2 saturated heterocycles. The molecule has 19 heavy (non-hydrogen) atoms. The number of ether oxygens (including phenoxy) is 2. The van der Waals surface area contributed by atoms with Crippen LogP contribution in [0.4, 0.5) is 0 Å². The molecule has 108 valence electrons. The van der Waals surface area contributed by atoms with Gasteiger partial charge in [0.2, 0.25) is 0 Å². The average Bonchev–Trinajstić information content (AvgIpc) is 3.23. The molecule has 1 saturated carbocycles. The predicted octanol–water partition coefficient (Wildman–Crippen LogP) is 2.47. The van der Waals surface area contributed by atoms with E-state index in [9.17, 15) is 0 Å². The lowest BCUT2D eigenvalue weighted by atomic mass is 9.73. The van der Waals surface area contributed by atoms with Crippen molar-refractivity contribution in [2.45, 2.75) is 38.2 Å². The number of piperidine rings is 1. The van der Waals surface area contributed by atoms with Crippen LogP contribution in [-0.2, 0) is 9.47 Å². The minimum Gasteiger partial charge on any atom is -0.377 e. The molecule has 0 bridgehead atoms. The fraction of sp³-hybridized carbons (Fsp3) is 0.875. The van der Waals surface area contributed by atoms with Gasteiger partial charge in [-0.3, -0.25) is 0 Å². The van der Waals surface area contributed by atoms with E-state index in [0.29, 0.717) is 12.7 Å². The lowest BCUT2D eigenvalue weighted by molar-refractivity contribution is -0.151. The van der Waals surface area contributed by atoms with Crippen LogP contribution in [0.25, 0.3) is 0 Å². The predicted molar refractivity (Wildman–Crippen MR) is 76.2 cm³/mol. The first kappa shape index (κ1) is 13.6. The van der Waals surface area contributed by atoms with E-state index in [4.69, 9.17) is 9.47 Å². The molecular weight excluding hydrogens is 238 g/mol. The van der Waals surface area contributed by atoms with E-state index in [1.165, 1.54) is 51.7 Å². The Morgan fingerprint density at radius 3 is 3.05 bits per heavy atom. The fourth-order valence-corrected chi connectivity index (χ4v) is 3.76. The molecular formula is C16H27NO2. The molecule has 2 heterocycles. The van der Waals surface area contributed by atoms with Gasteiger partial charge in [0.15, 0.2) is 0 Å². The topological polar surface area (TPSA) is 21.7 Å². The minimum absolute atomic E-state index is 0.244. The average molecular weight is 265 g/mol. The van der Waals surface area contributed by atoms with Crippen LogP contribution < -0.4 is 0 Å². The van der Waals surface area contributed by atoms with Crippen molar-refractivity contribution >= 4 is 0 Å². The first-order valence-corrected chi connectivity index (χ1v) is 7.85. The Bertz CT molecular complexity index is 316. The van der Waals surface area contributed by atoms with Gasteiger partial charge in [-0.15, -0.1) is 6.58 Å². The van der Waals surface area contributed by atoms with Crippen LogP contribution >= 0.6 is 0 Å². The first-order chi connectivity index (χ1) is 9.32. The normalized spacial score (nSPS) is 35.9. The van der Waals surface area contributed by atoms with Gasteiger partial charge < -0.3 is 14.4 Å². The van der Waals surface area contributed by atoms with Gasteiger partial charge in [-0.05, 0) is 38.0 Å². The number of hydrogen-bond acceptors (Lipinski definition) is 3. The van der Waals surface area contributed by atoms with Crippen LogP contribution in [0.5, 0.6) is 0 Å². The van der Waals surface area contributed by atoms with Crippen molar-refractivity contribution in [3.8, 4) is 0 Å². The summed E-state index contributed by atoms with van der Waals surface area (Å²) in [5, 5.41) is 0. The fourth-order valence-electron chi connectivity index (χ4n) is 3.76. The molecule has 0 N–H and O–H groups in total. The molecule has 0 aromatic heterocycles. The monoisotopic (exact) mass is 265 g/mol. The van der Waals surface area contributed by atoms with Crippen molar-refractivity contribution in [2.24, 2.45) is 11.3 Å². The van der Waals surface area contributed by atoms with Crippen LogP contribution in [0.3, 0.4) is 0 Å². The summed E-state index contributed by atoms with van der Waals surface area (Å²) < 4.78 is 11.9. The summed E-state index contributed by atoms with van der Waals surface area (Å²) in [5.74, 6) is 0.979. The number of likely N-dealkylation sites (tertiary alicyclic amines) is 1. The maximum absolute atomic E-state index is 6.05. The van der Waals surface area contributed by atoms with Gasteiger partial charge in [0.25, 0.3) is 0 Å². The summed E-state index contributed by atoms with van der Waals surface area (Å²) in [4.78, 5) is 2.67. The van der Waals surface area contributed by atoms with E-state index >= 15 is 0 Å². The summed E-state index contributed by atoms with van der Waals surface area (Å²) in [6.45, 7) is 9.87. The molecule has 0 amide bonds. The van der Waals surface area contributed by atoms with Gasteiger partial charge in [-0.1, -0.05) is 6.08 Å². The number of hydrogen-bond donors (Lipinski definition) is 0. The largest absolute Gasteiger partial charge is 0.377 e. The Labute approximate surface area is 116 Å². The molecule has 3 heteroatoms. The van der Waals surface area contributed by atoms with Gasteiger partial charge in [0.05, 0.1) is 19.3 Å². The molecule has 3 aliphatic rings. The SMILES string of the molecule is C=CCOC[C@]12CCCO[C@H]1CCN(CC1CC1)C2. The number of rotatable bonds is 6. The molecule has 2 atom stereocenters. The van der Waals surface area contributed by atoms with Crippen LogP contribution in [0.2, 0.25) is 0 Å². The summed E-state index contributed by atoms with van der Waals surface area (Å²) >= 11 is 0. The van der Waals surface area contributed by atoms with Gasteiger partial charge in [-0.2, -0.15) is 0 Å². The Balaban J connectivity index is 1.63. The van der Waals surface area contributed by atoms with E-state index < -0.39 is 0 Å². The highest BCUT2D eigenvalue weighted by Gasteiger charge is 2.46. The molecule has 0 aromatic rings. The van der Waals surface area contributed by atoms with E-state index in [-0.39, 0.29) is 5.41 Å². The van der Waals surface area contributed by atoms with Crippen LogP contribution in [0.15, 0.2) is 12.7 Å². The van der Waals surface area contributed by atoms with E-state index in [1.54, 1.807) is 0 Å². The highest BCUT2D eigenvalue weighted by molar-refractivity contribution is 4.97. The van der Waals surface area contributed by atoms with Gasteiger partial charge in [-0.25, -0.2) is 0 Å². The van der Waals surface area contributed by atoms with E-state index in [2.05, 4.69) is 11.5 Å². The molecule has 0 aromatic carbocycles. The second-order valence-electron chi connectivity index (χ2n) is 6.60. The molecule has 1 aliphatic carbocycles. The van der Waals surface area contributed by atoms with Crippen molar-refractivity contribution in [2.75, 3.05) is 39.5 Å². The molecule has 3 rings (SSSR count). The third-order valence-electron chi connectivity index (χ3n) is 4.91. The number of fused-ring (bicyclic) bond motifs is 1. The van der Waals surface area contributed by atoms with Gasteiger partial charge >= 0.3 is 0 Å². The smallest absolute Gasteiger partial charge is 0.0677 e. The third kappa shape index (κ3) is 3.21. The molecule has 3 nitrogen and oxygen atoms in total. The second-order valence-corrected chi connectivity index (χ2v) is 6.60. The van der Waals surface area contributed by atoms with Crippen molar-refractivity contribution in [3.05, 3.63) is 12.7 Å². The highest BCUT2D eigenvalue weighted by atomic mass is 16.5. The first-order valence-electron chi connectivity index (χ1n) is 7.85. The van der Waals surface area contributed by atoms with E-state index in [1.807, 2.05) is 6.08 Å².